The Hall–Kier alpha value is -2.33. The molecule has 1 amide bonds. The smallest absolute Gasteiger partial charge is 0.256 e. The normalized spacial score (nSPS) is 19.7. The summed E-state index contributed by atoms with van der Waals surface area (Å²) in [5.41, 5.74) is -0.211. The number of amides is 1. The molecule has 1 saturated heterocycles. The summed E-state index contributed by atoms with van der Waals surface area (Å²) < 4.78 is 43.6. The molecule has 1 unspecified atom stereocenters. The Labute approximate surface area is 182 Å². The third kappa shape index (κ3) is 4.23. The lowest BCUT2D eigenvalue weighted by atomic mass is 9.96. The molecule has 1 aliphatic heterocycles. The van der Waals surface area contributed by atoms with Crippen molar-refractivity contribution in [1.29, 1.82) is 0 Å². The first-order valence-electron chi connectivity index (χ1n) is 10.8. The van der Waals surface area contributed by atoms with E-state index in [1.165, 1.54) is 16.4 Å². The predicted molar refractivity (Wildman–Crippen MR) is 113 cm³/mol. The van der Waals surface area contributed by atoms with E-state index in [1.807, 2.05) is 0 Å². The molecule has 2 aliphatic rings. The van der Waals surface area contributed by atoms with Crippen LogP contribution in [0.15, 0.2) is 29.4 Å². The van der Waals surface area contributed by atoms with Gasteiger partial charge in [0.1, 0.15) is 18.0 Å². The van der Waals surface area contributed by atoms with Crippen molar-refractivity contribution in [2.24, 2.45) is 0 Å². The highest BCUT2D eigenvalue weighted by atomic mass is 32.2. The monoisotopic (exact) mass is 449 g/mol. The van der Waals surface area contributed by atoms with Crippen molar-refractivity contribution in [3.63, 3.8) is 0 Å². The standard InChI is InChI=1S/C21H28FN5O3S/c1-3-26(4-2)31(29,30)17-9-10-19(22)18(12-17)21(28)25-11-5-6-15(13-25)20-24-23-14-27(20)16-7-8-16/h9-10,12,14-16H,3-8,11,13H2,1-2H3. The first kappa shape index (κ1) is 21.9. The Morgan fingerprint density at radius 2 is 1.97 bits per heavy atom. The van der Waals surface area contributed by atoms with E-state index < -0.39 is 21.7 Å². The third-order valence-corrected chi connectivity index (χ3v) is 8.17. The number of hydrogen-bond donors (Lipinski definition) is 0. The number of rotatable bonds is 7. The molecule has 1 aliphatic carbocycles. The molecule has 1 atom stereocenters. The fourth-order valence-electron chi connectivity index (χ4n) is 4.26. The van der Waals surface area contributed by atoms with Crippen LogP contribution in [0.5, 0.6) is 0 Å². The molecule has 1 aromatic carbocycles. The number of halogens is 1. The van der Waals surface area contributed by atoms with E-state index in [1.54, 1.807) is 25.1 Å². The minimum Gasteiger partial charge on any atom is -0.338 e. The number of sulfonamides is 1. The van der Waals surface area contributed by atoms with Crippen LogP contribution in [0.3, 0.4) is 0 Å². The molecule has 10 heteroatoms. The number of aromatic nitrogens is 3. The van der Waals surface area contributed by atoms with Crippen LogP contribution in [0, 0.1) is 5.82 Å². The molecular formula is C21H28FN5O3S. The first-order chi connectivity index (χ1) is 14.9. The Kier molecular flexibility index (Phi) is 6.11. The van der Waals surface area contributed by atoms with E-state index in [2.05, 4.69) is 14.8 Å². The zero-order chi connectivity index (χ0) is 22.2. The molecule has 1 aromatic heterocycles. The Balaban J connectivity index is 1.58. The lowest BCUT2D eigenvalue weighted by Crippen LogP contribution is -2.40. The molecule has 2 fully saturated rings. The summed E-state index contributed by atoms with van der Waals surface area (Å²) in [6, 6.07) is 3.89. The summed E-state index contributed by atoms with van der Waals surface area (Å²) in [6.45, 7) is 5.00. The second-order valence-corrected chi connectivity index (χ2v) is 10.1. The van der Waals surface area contributed by atoms with Gasteiger partial charge in [0.2, 0.25) is 10.0 Å². The predicted octanol–water partition coefficient (Wildman–Crippen LogP) is 2.80. The van der Waals surface area contributed by atoms with E-state index in [4.69, 9.17) is 0 Å². The number of carbonyl (C=O) groups is 1. The van der Waals surface area contributed by atoms with Gasteiger partial charge in [-0.3, -0.25) is 4.79 Å². The quantitative estimate of drug-likeness (QED) is 0.649. The van der Waals surface area contributed by atoms with Gasteiger partial charge in [-0.15, -0.1) is 10.2 Å². The summed E-state index contributed by atoms with van der Waals surface area (Å²) >= 11 is 0. The van der Waals surface area contributed by atoms with Crippen molar-refractivity contribution in [3.05, 3.63) is 41.7 Å². The number of piperidine rings is 1. The van der Waals surface area contributed by atoms with E-state index >= 15 is 0 Å². The average Bonchev–Trinajstić information content (AvgIpc) is 3.50. The Morgan fingerprint density at radius 3 is 2.65 bits per heavy atom. The summed E-state index contributed by atoms with van der Waals surface area (Å²) in [4.78, 5) is 14.7. The van der Waals surface area contributed by atoms with Crippen molar-refractivity contribution >= 4 is 15.9 Å². The first-order valence-corrected chi connectivity index (χ1v) is 12.3. The molecule has 0 bridgehead atoms. The summed E-state index contributed by atoms with van der Waals surface area (Å²) in [5, 5.41) is 8.34. The van der Waals surface area contributed by atoms with Gasteiger partial charge in [0.25, 0.3) is 5.91 Å². The van der Waals surface area contributed by atoms with Gasteiger partial charge in [-0.1, -0.05) is 13.8 Å². The van der Waals surface area contributed by atoms with Gasteiger partial charge in [0, 0.05) is 38.1 Å². The van der Waals surface area contributed by atoms with Gasteiger partial charge in [0.15, 0.2) is 0 Å². The third-order valence-electron chi connectivity index (χ3n) is 6.13. The van der Waals surface area contributed by atoms with Gasteiger partial charge in [-0.2, -0.15) is 4.31 Å². The molecular weight excluding hydrogens is 421 g/mol. The van der Waals surface area contributed by atoms with E-state index in [-0.39, 0.29) is 16.4 Å². The van der Waals surface area contributed by atoms with Crippen LogP contribution in [-0.4, -0.2) is 64.5 Å². The van der Waals surface area contributed by atoms with Crippen molar-refractivity contribution in [2.75, 3.05) is 26.2 Å². The highest BCUT2D eigenvalue weighted by Crippen LogP contribution is 2.38. The molecule has 2 aromatic rings. The Morgan fingerprint density at radius 1 is 1.23 bits per heavy atom. The van der Waals surface area contributed by atoms with Crippen LogP contribution in [0.4, 0.5) is 4.39 Å². The van der Waals surface area contributed by atoms with Crippen LogP contribution >= 0.6 is 0 Å². The minimum absolute atomic E-state index is 0.0338. The fraction of sp³-hybridized carbons (Fsp3) is 0.571. The van der Waals surface area contributed by atoms with Crippen LogP contribution in [0.25, 0.3) is 0 Å². The van der Waals surface area contributed by atoms with Gasteiger partial charge >= 0.3 is 0 Å². The van der Waals surface area contributed by atoms with Gasteiger partial charge in [-0.05, 0) is 43.9 Å². The topological polar surface area (TPSA) is 88.4 Å². The number of carbonyl (C=O) groups excluding carboxylic acids is 1. The Bertz CT molecular complexity index is 1060. The highest BCUT2D eigenvalue weighted by molar-refractivity contribution is 7.89. The van der Waals surface area contributed by atoms with Crippen LogP contribution in [0.2, 0.25) is 0 Å². The summed E-state index contributed by atoms with van der Waals surface area (Å²) in [7, 11) is -3.78. The number of hydrogen-bond acceptors (Lipinski definition) is 5. The largest absolute Gasteiger partial charge is 0.338 e. The fourth-order valence-corrected chi connectivity index (χ4v) is 5.75. The molecule has 0 spiro atoms. The molecule has 1 saturated carbocycles. The van der Waals surface area contributed by atoms with E-state index in [9.17, 15) is 17.6 Å². The number of nitrogens with zero attached hydrogens (tertiary/aromatic N) is 5. The molecule has 8 nitrogen and oxygen atoms in total. The van der Waals surface area contributed by atoms with Crippen LogP contribution in [0.1, 0.15) is 67.7 Å². The van der Waals surface area contributed by atoms with Crippen molar-refractivity contribution in [3.8, 4) is 0 Å². The molecule has 0 N–H and O–H groups in total. The molecule has 0 radical (unpaired) electrons. The summed E-state index contributed by atoms with van der Waals surface area (Å²) in [5.74, 6) is -0.298. The molecule has 4 rings (SSSR count). The SMILES string of the molecule is CCN(CC)S(=O)(=O)c1ccc(F)c(C(=O)N2CCCC(c3nncn3C3CC3)C2)c1. The summed E-state index contributed by atoms with van der Waals surface area (Å²) in [6.07, 6.45) is 5.62. The van der Waals surface area contributed by atoms with E-state index in [0.717, 1.165) is 37.6 Å². The second kappa shape index (κ2) is 8.66. The number of likely N-dealkylation sites (tertiary alicyclic amines) is 1. The van der Waals surface area contributed by atoms with Gasteiger partial charge in [0.05, 0.1) is 10.5 Å². The van der Waals surface area contributed by atoms with Gasteiger partial charge in [-0.25, -0.2) is 12.8 Å². The maximum Gasteiger partial charge on any atom is 0.256 e. The number of benzene rings is 1. The average molecular weight is 450 g/mol. The lowest BCUT2D eigenvalue weighted by Gasteiger charge is -2.32. The zero-order valence-corrected chi connectivity index (χ0v) is 18.7. The molecule has 31 heavy (non-hydrogen) atoms. The van der Waals surface area contributed by atoms with Gasteiger partial charge < -0.3 is 9.47 Å². The molecule has 2 heterocycles. The van der Waals surface area contributed by atoms with Crippen molar-refractivity contribution in [1.82, 2.24) is 24.0 Å². The highest BCUT2D eigenvalue weighted by Gasteiger charge is 2.34. The maximum atomic E-state index is 14.6. The lowest BCUT2D eigenvalue weighted by molar-refractivity contribution is 0.0698. The zero-order valence-electron chi connectivity index (χ0n) is 17.9. The maximum absolute atomic E-state index is 14.6. The minimum atomic E-state index is -3.78. The second-order valence-electron chi connectivity index (χ2n) is 8.15. The van der Waals surface area contributed by atoms with E-state index in [0.29, 0.717) is 32.2 Å². The van der Waals surface area contributed by atoms with Crippen LogP contribution in [-0.2, 0) is 10.0 Å². The molecule has 168 valence electrons. The van der Waals surface area contributed by atoms with Crippen molar-refractivity contribution < 1.29 is 17.6 Å². The van der Waals surface area contributed by atoms with Crippen molar-refractivity contribution in [2.45, 2.75) is 56.4 Å². The van der Waals surface area contributed by atoms with Crippen LogP contribution < -0.4 is 0 Å².